The van der Waals surface area contributed by atoms with Gasteiger partial charge in [-0.3, -0.25) is 10.1 Å². The molecule has 0 aliphatic carbocycles. The van der Waals surface area contributed by atoms with Gasteiger partial charge in [0.2, 0.25) is 5.82 Å². The van der Waals surface area contributed by atoms with E-state index in [1.807, 2.05) is 0 Å². The van der Waals surface area contributed by atoms with Gasteiger partial charge in [-0.15, -0.1) is 0 Å². The quantitative estimate of drug-likeness (QED) is 0.443. The van der Waals surface area contributed by atoms with Crippen LogP contribution in [0.4, 0.5) is 11.5 Å². The highest BCUT2D eigenvalue weighted by Gasteiger charge is 2.23. The lowest BCUT2D eigenvalue weighted by atomic mass is 10.4. The molecule has 15 heavy (non-hydrogen) atoms. The standard InChI is InChI=1S/C8H14N4O3/c1-6-7(12(13)14)8(11(2)10-6)9-4-5-15-3/h9H,4-5H2,1-3H3. The molecular weight excluding hydrogens is 200 g/mol. The van der Waals surface area contributed by atoms with Gasteiger partial charge < -0.3 is 10.1 Å². The third-order valence-electron chi connectivity index (χ3n) is 1.97. The molecule has 0 radical (unpaired) electrons. The maximum absolute atomic E-state index is 10.8. The Balaban J connectivity index is 2.89. The van der Waals surface area contributed by atoms with E-state index in [1.54, 1.807) is 21.1 Å². The normalized spacial score (nSPS) is 10.3. The molecule has 0 fully saturated rings. The van der Waals surface area contributed by atoms with Crippen molar-refractivity contribution in [3.63, 3.8) is 0 Å². The molecule has 1 N–H and O–H groups in total. The van der Waals surface area contributed by atoms with E-state index in [-0.39, 0.29) is 5.69 Å². The SMILES string of the molecule is COCCNc1c([N+](=O)[O-])c(C)nn1C. The molecule has 1 aromatic heterocycles. The summed E-state index contributed by atoms with van der Waals surface area (Å²) >= 11 is 0. The number of hydrogen-bond donors (Lipinski definition) is 1. The van der Waals surface area contributed by atoms with Crippen molar-refractivity contribution in [2.75, 3.05) is 25.6 Å². The molecule has 0 saturated heterocycles. The molecule has 1 aromatic rings. The lowest BCUT2D eigenvalue weighted by Crippen LogP contribution is -2.11. The molecule has 7 heteroatoms. The number of hydrogen-bond acceptors (Lipinski definition) is 5. The molecule has 7 nitrogen and oxygen atoms in total. The van der Waals surface area contributed by atoms with Gasteiger partial charge in [0.15, 0.2) is 0 Å². The van der Waals surface area contributed by atoms with E-state index in [1.165, 1.54) is 4.68 Å². The molecule has 0 saturated carbocycles. The Morgan fingerprint density at radius 1 is 1.67 bits per heavy atom. The van der Waals surface area contributed by atoms with Crippen molar-refractivity contribution < 1.29 is 9.66 Å². The first-order chi connectivity index (χ1) is 7.07. The van der Waals surface area contributed by atoms with Crippen molar-refractivity contribution in [2.24, 2.45) is 7.05 Å². The summed E-state index contributed by atoms with van der Waals surface area (Å²) in [5.74, 6) is 0.412. The smallest absolute Gasteiger partial charge is 0.333 e. The van der Waals surface area contributed by atoms with E-state index in [0.29, 0.717) is 24.7 Å². The Hall–Kier alpha value is -1.63. The minimum Gasteiger partial charge on any atom is -0.383 e. The Kier molecular flexibility index (Phi) is 3.62. The average Bonchev–Trinajstić information content (AvgIpc) is 2.42. The second kappa shape index (κ2) is 4.74. The van der Waals surface area contributed by atoms with Gasteiger partial charge in [0.25, 0.3) is 0 Å². The van der Waals surface area contributed by atoms with E-state index >= 15 is 0 Å². The van der Waals surface area contributed by atoms with Gasteiger partial charge in [-0.05, 0) is 6.92 Å². The van der Waals surface area contributed by atoms with Crippen LogP contribution in [0.5, 0.6) is 0 Å². The van der Waals surface area contributed by atoms with Crippen LogP contribution in [0.1, 0.15) is 5.69 Å². The first kappa shape index (κ1) is 11.4. The van der Waals surface area contributed by atoms with Gasteiger partial charge in [-0.1, -0.05) is 0 Å². The minimum atomic E-state index is -0.433. The summed E-state index contributed by atoms with van der Waals surface area (Å²) in [4.78, 5) is 10.3. The van der Waals surface area contributed by atoms with Crippen LogP contribution in [-0.4, -0.2) is 35.0 Å². The first-order valence-corrected chi connectivity index (χ1v) is 4.48. The van der Waals surface area contributed by atoms with E-state index < -0.39 is 4.92 Å². The fraction of sp³-hybridized carbons (Fsp3) is 0.625. The lowest BCUT2D eigenvalue weighted by Gasteiger charge is -2.04. The van der Waals surface area contributed by atoms with Gasteiger partial charge in [-0.2, -0.15) is 5.10 Å². The van der Waals surface area contributed by atoms with Crippen LogP contribution in [0, 0.1) is 17.0 Å². The fourth-order valence-electron chi connectivity index (χ4n) is 1.34. The van der Waals surface area contributed by atoms with Gasteiger partial charge in [0.1, 0.15) is 5.69 Å². The Labute approximate surface area is 87.2 Å². The van der Waals surface area contributed by atoms with Crippen molar-refractivity contribution in [2.45, 2.75) is 6.92 Å². The predicted molar refractivity (Wildman–Crippen MR) is 55.0 cm³/mol. The number of nitrogens with one attached hydrogen (secondary N) is 1. The Morgan fingerprint density at radius 2 is 2.33 bits per heavy atom. The molecule has 0 bridgehead atoms. The summed E-state index contributed by atoms with van der Waals surface area (Å²) in [6.07, 6.45) is 0. The van der Waals surface area contributed by atoms with E-state index in [9.17, 15) is 10.1 Å². The van der Waals surface area contributed by atoms with Gasteiger partial charge in [0.05, 0.1) is 11.5 Å². The highest BCUT2D eigenvalue weighted by atomic mass is 16.6. The molecule has 0 aliphatic rings. The highest BCUT2D eigenvalue weighted by Crippen LogP contribution is 2.26. The van der Waals surface area contributed by atoms with Crippen LogP contribution < -0.4 is 5.32 Å². The number of methoxy groups -OCH3 is 1. The van der Waals surface area contributed by atoms with Crippen LogP contribution in [-0.2, 0) is 11.8 Å². The second-order valence-corrected chi connectivity index (χ2v) is 3.08. The number of anilines is 1. The molecular formula is C8H14N4O3. The fourth-order valence-corrected chi connectivity index (χ4v) is 1.34. The summed E-state index contributed by atoms with van der Waals surface area (Å²) in [5.41, 5.74) is 0.427. The number of nitro groups is 1. The van der Waals surface area contributed by atoms with E-state index in [2.05, 4.69) is 10.4 Å². The number of rotatable bonds is 5. The molecule has 0 spiro atoms. The Morgan fingerprint density at radius 3 is 2.87 bits per heavy atom. The van der Waals surface area contributed by atoms with Crippen LogP contribution in [0.25, 0.3) is 0 Å². The van der Waals surface area contributed by atoms with Crippen LogP contribution in [0.15, 0.2) is 0 Å². The van der Waals surface area contributed by atoms with Crippen molar-refractivity contribution in [3.05, 3.63) is 15.8 Å². The summed E-state index contributed by atoms with van der Waals surface area (Å²) < 4.78 is 6.31. The highest BCUT2D eigenvalue weighted by molar-refractivity contribution is 5.59. The summed E-state index contributed by atoms with van der Waals surface area (Å²) in [5, 5.41) is 17.7. The molecule has 0 atom stereocenters. The van der Waals surface area contributed by atoms with Crippen LogP contribution >= 0.6 is 0 Å². The van der Waals surface area contributed by atoms with Gasteiger partial charge in [0, 0.05) is 20.7 Å². The monoisotopic (exact) mass is 214 g/mol. The first-order valence-electron chi connectivity index (χ1n) is 4.48. The third kappa shape index (κ3) is 2.44. The minimum absolute atomic E-state index is 0.0219. The molecule has 0 aliphatic heterocycles. The largest absolute Gasteiger partial charge is 0.383 e. The third-order valence-corrected chi connectivity index (χ3v) is 1.97. The van der Waals surface area contributed by atoms with Crippen molar-refractivity contribution >= 4 is 11.5 Å². The number of aryl methyl sites for hydroxylation is 2. The van der Waals surface area contributed by atoms with Crippen LogP contribution in [0.2, 0.25) is 0 Å². The zero-order valence-corrected chi connectivity index (χ0v) is 8.98. The predicted octanol–water partition coefficient (Wildman–Crippen LogP) is 0.695. The molecule has 0 unspecified atom stereocenters. The summed E-state index contributed by atoms with van der Waals surface area (Å²) in [6.45, 7) is 2.61. The number of ether oxygens (including phenoxy) is 1. The molecule has 84 valence electrons. The summed E-state index contributed by atoms with van der Waals surface area (Å²) in [7, 11) is 3.24. The van der Waals surface area contributed by atoms with Crippen molar-refractivity contribution in [1.29, 1.82) is 0 Å². The van der Waals surface area contributed by atoms with E-state index in [0.717, 1.165) is 0 Å². The molecule has 0 amide bonds. The lowest BCUT2D eigenvalue weighted by molar-refractivity contribution is -0.384. The topological polar surface area (TPSA) is 82.2 Å². The van der Waals surface area contributed by atoms with Gasteiger partial charge in [-0.25, -0.2) is 4.68 Å². The maximum Gasteiger partial charge on any atom is 0.333 e. The van der Waals surface area contributed by atoms with Gasteiger partial charge >= 0.3 is 5.69 Å². The zero-order chi connectivity index (χ0) is 11.4. The molecule has 1 heterocycles. The van der Waals surface area contributed by atoms with Crippen molar-refractivity contribution in [1.82, 2.24) is 9.78 Å². The van der Waals surface area contributed by atoms with Crippen LogP contribution in [0.3, 0.4) is 0 Å². The average molecular weight is 214 g/mol. The number of nitrogens with zero attached hydrogens (tertiary/aromatic N) is 3. The second-order valence-electron chi connectivity index (χ2n) is 3.08. The number of aromatic nitrogens is 2. The summed E-state index contributed by atoms with van der Waals surface area (Å²) in [6, 6.07) is 0. The maximum atomic E-state index is 10.8. The van der Waals surface area contributed by atoms with E-state index in [4.69, 9.17) is 4.74 Å². The Bertz CT molecular complexity index is 361. The zero-order valence-electron chi connectivity index (χ0n) is 8.98. The van der Waals surface area contributed by atoms with Crippen molar-refractivity contribution in [3.8, 4) is 0 Å². The molecule has 1 rings (SSSR count). The molecule has 0 aromatic carbocycles.